The highest BCUT2D eigenvalue weighted by atomic mass is 16.6. The number of hydrogen-bond acceptors (Lipinski definition) is 10. The van der Waals surface area contributed by atoms with Gasteiger partial charge in [0.15, 0.2) is 0 Å². The molecule has 0 atom stereocenters. The molecular weight excluding hydrogens is 1310 g/mol. The van der Waals surface area contributed by atoms with Crippen LogP contribution in [0.25, 0.3) is 0 Å². The lowest BCUT2D eigenvalue weighted by atomic mass is 9.87. The molecule has 0 unspecified atom stereocenters. The number of hydrogen-bond donors (Lipinski definition) is 4. The van der Waals surface area contributed by atoms with Crippen molar-refractivity contribution in [3.8, 4) is 0 Å². The molecule has 4 N–H and O–H groups in total. The summed E-state index contributed by atoms with van der Waals surface area (Å²) >= 11 is 0. The Kier molecular flexibility index (Phi) is 234. The zero-order valence-electron chi connectivity index (χ0n) is 70.6. The van der Waals surface area contributed by atoms with E-state index in [1.165, 1.54) is 184 Å². The monoisotopic (exact) mass is 1520 g/mol. The van der Waals surface area contributed by atoms with Crippen LogP contribution in [-0.2, 0) is 47.8 Å². The van der Waals surface area contributed by atoms with Crippen molar-refractivity contribution in [2.24, 2.45) is 17.8 Å². The highest BCUT2D eigenvalue weighted by molar-refractivity contribution is 5.15. The smallest absolute Gasteiger partial charge is 0.0701 e. The maximum Gasteiger partial charge on any atom is 0.0701 e. The molecule has 6 rings (SSSR count). The molecule has 0 aliphatic heterocycles. The largest absolute Gasteiger partial charge is 0.382 e. The predicted octanol–water partition coefficient (Wildman–Crippen LogP) is 30.1. The first kappa shape index (κ1) is 152. The van der Waals surface area contributed by atoms with Crippen molar-refractivity contribution in [1.82, 2.24) is 21.3 Å². The molecule has 3 aromatic rings. The van der Waals surface area contributed by atoms with Crippen molar-refractivity contribution in [3.63, 3.8) is 0 Å². The van der Waals surface area contributed by atoms with E-state index in [0.29, 0.717) is 46.2 Å². The van der Waals surface area contributed by atoms with Crippen molar-refractivity contribution in [3.05, 3.63) is 108 Å². The maximum atomic E-state index is 5.33. The van der Waals surface area contributed by atoms with Gasteiger partial charge in [0.1, 0.15) is 0 Å². The van der Waals surface area contributed by atoms with Crippen LogP contribution in [0.2, 0.25) is 0 Å². The Hall–Kier alpha value is -2.74. The zero-order valence-corrected chi connectivity index (χ0v) is 70.6. The highest BCUT2D eigenvalue weighted by Gasteiger charge is 2.14. The zero-order chi connectivity index (χ0) is 75.4. The molecule has 3 fully saturated rings. The van der Waals surface area contributed by atoms with Gasteiger partial charge < -0.3 is 49.7 Å². The van der Waals surface area contributed by atoms with Crippen molar-refractivity contribution in [1.29, 1.82) is 0 Å². The Bertz CT molecular complexity index is 1510. The van der Waals surface area contributed by atoms with Gasteiger partial charge in [-0.3, -0.25) is 0 Å². The van der Waals surface area contributed by atoms with Gasteiger partial charge in [0.2, 0.25) is 0 Å². The third kappa shape index (κ3) is 143. The van der Waals surface area contributed by atoms with E-state index in [-0.39, 0.29) is 66.8 Å². The van der Waals surface area contributed by atoms with Crippen molar-refractivity contribution < 1.29 is 28.4 Å². The molecule has 0 spiro atoms. The number of rotatable bonds is 34. The second-order valence-electron chi connectivity index (χ2n) is 21.8. The molecule has 3 aromatic carbocycles. The lowest BCUT2D eigenvalue weighted by Gasteiger charge is -2.20. The molecular formula is C96H216N4O6. The first-order valence-electron chi connectivity index (χ1n) is 40.9. The van der Waals surface area contributed by atoms with Crippen molar-refractivity contribution in [2.45, 2.75) is 379 Å². The Morgan fingerprint density at radius 2 is 0.538 bits per heavy atom. The van der Waals surface area contributed by atoms with Gasteiger partial charge in [0.25, 0.3) is 0 Å². The molecule has 0 radical (unpaired) electrons. The normalized spacial score (nSPS) is 11.2. The minimum Gasteiger partial charge on any atom is -0.382 e. The summed E-state index contributed by atoms with van der Waals surface area (Å²) in [5.74, 6) is 3.18. The first-order chi connectivity index (χ1) is 47.9. The summed E-state index contributed by atoms with van der Waals surface area (Å²) in [5, 5.41) is 12.6. The summed E-state index contributed by atoms with van der Waals surface area (Å²) in [6, 6.07) is 31.6. The standard InChI is InChI=1S/C11H24O4.C10H15N.C10H14.C9H19N.C8H17N.C8H11N.C8H16.C7H16O2.8C2H6.9CH4/c1-3-4-5-13-8-9-15-11-10-14-7-6-12-2;1-11-9-5-8-10-6-3-2-4-7-10;1-2-3-7-10-8-5-4-6-9-10;1-10-8-7-9-5-3-2-4-6-9;1-9-7-6-8-4-2-3-5-8;1-9-7-8-5-3-2-4-6-8;1-2-8-6-4-3-5-7-8;1-3-4-5-9-7-6-8-2;8*1-2;;;;;;;;;/h3-11H2,1-2H3;2-4,6-7,11H,5,8-9H2,1H3;4-6,8-9H,2-3,7H2,1H3;9-10H,2-8H2,1H3;8-9H,2-7H2,1H3;2-6,9H,7H2,1H3;8H,2-7H2,1H3;3-7H2,1-2H3;8*1-2H3;9*1H4. The molecule has 0 saturated heterocycles. The molecule has 3 aliphatic carbocycles. The van der Waals surface area contributed by atoms with E-state index in [2.05, 4.69) is 122 Å². The van der Waals surface area contributed by atoms with E-state index in [1.807, 2.05) is 157 Å². The average molecular weight is 1520 g/mol. The Morgan fingerprint density at radius 1 is 0.283 bits per heavy atom. The maximum absolute atomic E-state index is 5.33. The summed E-state index contributed by atoms with van der Waals surface area (Å²) in [6.45, 7) is 52.3. The third-order valence-electron chi connectivity index (χ3n) is 14.6. The van der Waals surface area contributed by atoms with Crippen LogP contribution in [0.1, 0.15) is 376 Å². The fourth-order valence-corrected chi connectivity index (χ4v) is 9.43. The summed E-state index contributed by atoms with van der Waals surface area (Å²) in [5.41, 5.74) is 4.23. The fourth-order valence-electron chi connectivity index (χ4n) is 9.43. The molecule has 10 heteroatoms. The molecule has 656 valence electrons. The van der Waals surface area contributed by atoms with Crippen LogP contribution in [0.5, 0.6) is 0 Å². The number of aryl methyl sites for hydroxylation is 2. The Morgan fingerprint density at radius 3 is 0.792 bits per heavy atom. The van der Waals surface area contributed by atoms with Gasteiger partial charge in [-0.05, 0) is 134 Å². The van der Waals surface area contributed by atoms with Crippen LogP contribution in [0, 0.1) is 17.8 Å². The number of nitrogens with one attached hydrogen (secondary N) is 4. The molecule has 106 heavy (non-hydrogen) atoms. The second-order valence-corrected chi connectivity index (χ2v) is 21.8. The molecule has 0 amide bonds. The molecule has 0 heterocycles. The highest BCUT2D eigenvalue weighted by Crippen LogP contribution is 2.27. The van der Waals surface area contributed by atoms with Crippen LogP contribution in [0.15, 0.2) is 91.0 Å². The number of benzene rings is 3. The van der Waals surface area contributed by atoms with E-state index in [0.717, 1.165) is 63.5 Å². The van der Waals surface area contributed by atoms with E-state index < -0.39 is 0 Å². The number of ether oxygens (including phenoxy) is 6. The summed E-state index contributed by atoms with van der Waals surface area (Å²) in [4.78, 5) is 0. The van der Waals surface area contributed by atoms with Crippen LogP contribution >= 0.6 is 0 Å². The van der Waals surface area contributed by atoms with E-state index in [9.17, 15) is 0 Å². The molecule has 3 saturated carbocycles. The summed E-state index contributed by atoms with van der Waals surface area (Å²) < 4.78 is 30.7. The predicted molar refractivity (Wildman–Crippen MR) is 504 cm³/mol. The van der Waals surface area contributed by atoms with Gasteiger partial charge >= 0.3 is 0 Å². The van der Waals surface area contributed by atoms with E-state index >= 15 is 0 Å². The third-order valence-corrected chi connectivity index (χ3v) is 14.6. The number of unbranched alkanes of at least 4 members (excludes halogenated alkanes) is 3. The topological polar surface area (TPSA) is 104 Å². The first-order valence-corrected chi connectivity index (χ1v) is 40.9. The summed E-state index contributed by atoms with van der Waals surface area (Å²) in [6.07, 6.45) is 36.0. The van der Waals surface area contributed by atoms with Gasteiger partial charge in [0.05, 0.1) is 52.9 Å². The summed E-state index contributed by atoms with van der Waals surface area (Å²) in [7, 11) is 11.4. The molecule has 0 aromatic heterocycles. The Balaban J connectivity index is -0.0000000463. The molecule has 3 aliphatic rings. The molecule has 10 nitrogen and oxygen atoms in total. The van der Waals surface area contributed by atoms with Gasteiger partial charge in [-0.15, -0.1) is 0 Å². The van der Waals surface area contributed by atoms with Crippen LogP contribution in [0.4, 0.5) is 0 Å². The van der Waals surface area contributed by atoms with Gasteiger partial charge in [-0.1, -0.05) is 412 Å². The van der Waals surface area contributed by atoms with Crippen LogP contribution in [0.3, 0.4) is 0 Å². The van der Waals surface area contributed by atoms with Crippen LogP contribution < -0.4 is 21.3 Å². The minimum atomic E-state index is 0. The van der Waals surface area contributed by atoms with Gasteiger partial charge in [0, 0.05) is 34.0 Å². The van der Waals surface area contributed by atoms with Crippen molar-refractivity contribution in [2.75, 3.05) is 128 Å². The lowest BCUT2D eigenvalue weighted by molar-refractivity contribution is 0.00337. The SMILES string of the molecule is C.C.C.C.C.C.C.C.C.CC.CC.CC.CC.CC.CC.CC.CC.CCC1CCCCC1.CCCCOCCOC.CCCCOCCOCCOCCOC.CCCCc1ccccc1.CNCCC1CCCC1.CNCCC1CCCCC1.CNCCCc1ccccc1.CNCc1ccccc1. The Labute approximate surface area is 678 Å². The van der Waals surface area contributed by atoms with E-state index in [1.54, 1.807) is 14.2 Å². The lowest BCUT2D eigenvalue weighted by Crippen LogP contribution is -2.15. The van der Waals surface area contributed by atoms with E-state index in [4.69, 9.17) is 28.4 Å². The number of methoxy groups -OCH3 is 2. The fraction of sp³-hybridized carbons (Fsp3) is 0.812. The van der Waals surface area contributed by atoms with Crippen LogP contribution in [-0.4, -0.2) is 128 Å². The van der Waals surface area contributed by atoms with Gasteiger partial charge in [-0.2, -0.15) is 0 Å². The van der Waals surface area contributed by atoms with Crippen molar-refractivity contribution >= 4 is 0 Å². The molecule has 0 bridgehead atoms. The average Bonchev–Trinajstić information content (AvgIpc) is 1.26. The quantitative estimate of drug-likeness (QED) is 0.0432. The minimum absolute atomic E-state index is 0. The second kappa shape index (κ2) is 163. The van der Waals surface area contributed by atoms with Gasteiger partial charge in [-0.25, -0.2) is 0 Å².